The van der Waals surface area contributed by atoms with Crippen molar-refractivity contribution in [2.45, 2.75) is 37.0 Å². The number of likely N-dealkylation sites (tertiary alicyclic amines) is 1. The van der Waals surface area contributed by atoms with Crippen molar-refractivity contribution in [3.8, 4) is 0 Å². The van der Waals surface area contributed by atoms with E-state index in [0.717, 1.165) is 13.0 Å². The number of ether oxygens (including phenoxy) is 1. The van der Waals surface area contributed by atoms with Crippen LogP contribution in [-0.4, -0.2) is 89.6 Å². The molecule has 0 amide bonds. The highest BCUT2D eigenvalue weighted by atomic mass is 32.2. The first-order valence-corrected chi connectivity index (χ1v) is 11.6. The number of hydrogen-bond acceptors (Lipinski definition) is 7. The topological polar surface area (TPSA) is 134 Å². The molecule has 9 nitrogen and oxygen atoms in total. The van der Waals surface area contributed by atoms with Gasteiger partial charge in [0, 0.05) is 44.6 Å². The van der Waals surface area contributed by atoms with Crippen molar-refractivity contribution in [3.63, 3.8) is 0 Å². The van der Waals surface area contributed by atoms with Gasteiger partial charge in [-0.3, -0.25) is 9.88 Å². The average molecular weight is 538 g/mol. The molecule has 0 aromatic carbocycles. The Morgan fingerprint density at radius 3 is 1.94 bits per heavy atom. The molecular weight excluding hydrogens is 514 g/mol. The summed E-state index contributed by atoms with van der Waals surface area (Å²) in [7, 11) is -2.99. The Morgan fingerprint density at radius 1 is 1.09 bits per heavy atom. The van der Waals surface area contributed by atoms with Gasteiger partial charge in [-0.1, -0.05) is 0 Å². The largest absolute Gasteiger partial charge is 0.490 e. The van der Waals surface area contributed by atoms with E-state index in [2.05, 4.69) is 9.88 Å². The summed E-state index contributed by atoms with van der Waals surface area (Å²) in [6, 6.07) is 3.96. The maximum atomic E-state index is 12.4. The van der Waals surface area contributed by atoms with Crippen LogP contribution in [0.1, 0.15) is 18.9 Å². The van der Waals surface area contributed by atoms with E-state index in [9.17, 15) is 34.8 Å². The molecule has 1 atom stereocenters. The Bertz CT molecular complexity index is 925. The lowest BCUT2D eigenvalue weighted by atomic mass is 9.83. The van der Waals surface area contributed by atoms with Gasteiger partial charge in [-0.15, -0.1) is 0 Å². The van der Waals surface area contributed by atoms with Gasteiger partial charge in [-0.2, -0.15) is 26.3 Å². The number of hydrogen-bond donors (Lipinski definition) is 2. The van der Waals surface area contributed by atoms with E-state index in [-0.39, 0.29) is 5.92 Å². The van der Waals surface area contributed by atoms with Crippen molar-refractivity contribution in [1.29, 1.82) is 0 Å². The van der Waals surface area contributed by atoms with Crippen LogP contribution in [0.3, 0.4) is 0 Å². The summed E-state index contributed by atoms with van der Waals surface area (Å²) in [5.74, 6) is -5.05. The quantitative estimate of drug-likeness (QED) is 0.542. The second-order valence-electron chi connectivity index (χ2n) is 7.64. The molecule has 0 radical (unpaired) electrons. The minimum absolute atomic E-state index is 0.149. The summed E-state index contributed by atoms with van der Waals surface area (Å²) in [6.07, 6.45) is -5.88. The van der Waals surface area contributed by atoms with E-state index < -0.39 is 38.9 Å². The summed E-state index contributed by atoms with van der Waals surface area (Å²) in [5, 5.41) is 14.2. The number of alkyl halides is 6. The van der Waals surface area contributed by atoms with E-state index in [1.807, 2.05) is 19.1 Å². The van der Waals surface area contributed by atoms with Gasteiger partial charge in [0.2, 0.25) is 0 Å². The predicted molar refractivity (Wildman–Crippen MR) is 108 cm³/mol. The third-order valence-electron chi connectivity index (χ3n) is 5.24. The molecule has 200 valence electrons. The van der Waals surface area contributed by atoms with E-state index in [1.54, 1.807) is 12.4 Å². The lowest BCUT2D eigenvalue weighted by Crippen LogP contribution is -2.67. The lowest BCUT2D eigenvalue weighted by molar-refractivity contribution is -0.193. The highest BCUT2D eigenvalue weighted by molar-refractivity contribution is 7.93. The van der Waals surface area contributed by atoms with Crippen LogP contribution in [0.5, 0.6) is 0 Å². The third kappa shape index (κ3) is 8.61. The van der Waals surface area contributed by atoms with Gasteiger partial charge in [0.15, 0.2) is 9.84 Å². The van der Waals surface area contributed by atoms with Crippen molar-refractivity contribution in [2.75, 3.05) is 32.1 Å². The summed E-state index contributed by atoms with van der Waals surface area (Å²) < 4.78 is 93.3. The molecule has 2 fully saturated rings. The fourth-order valence-corrected chi connectivity index (χ4v) is 5.99. The molecule has 1 unspecified atom stereocenters. The molecule has 1 spiro atoms. The summed E-state index contributed by atoms with van der Waals surface area (Å²) in [6.45, 7) is 5.23. The Labute approximate surface area is 196 Å². The molecule has 0 saturated carbocycles. The van der Waals surface area contributed by atoms with Gasteiger partial charge < -0.3 is 14.9 Å². The zero-order chi connectivity index (χ0) is 27.1. The summed E-state index contributed by atoms with van der Waals surface area (Å²) in [4.78, 5) is 24.0. The van der Waals surface area contributed by atoms with Crippen LogP contribution in [0.4, 0.5) is 26.3 Å². The van der Waals surface area contributed by atoms with E-state index >= 15 is 0 Å². The molecule has 0 aliphatic carbocycles. The Morgan fingerprint density at radius 2 is 1.54 bits per heavy atom. The van der Waals surface area contributed by atoms with Crippen molar-refractivity contribution in [3.05, 3.63) is 30.1 Å². The molecule has 0 bridgehead atoms. The van der Waals surface area contributed by atoms with Crippen LogP contribution in [0, 0.1) is 5.92 Å². The highest BCUT2D eigenvalue weighted by Gasteiger charge is 2.61. The Balaban J connectivity index is 0.000000362. The van der Waals surface area contributed by atoms with Crippen molar-refractivity contribution >= 4 is 21.8 Å². The van der Waals surface area contributed by atoms with Crippen LogP contribution < -0.4 is 0 Å². The molecule has 2 N–H and O–H groups in total. The number of rotatable bonds is 5. The van der Waals surface area contributed by atoms with E-state index in [0.29, 0.717) is 32.1 Å². The second kappa shape index (κ2) is 12.0. The summed E-state index contributed by atoms with van der Waals surface area (Å²) in [5.41, 5.74) is 1.18. The monoisotopic (exact) mass is 538 g/mol. The van der Waals surface area contributed by atoms with Crippen LogP contribution >= 0.6 is 0 Å². The van der Waals surface area contributed by atoms with Gasteiger partial charge in [-0.25, -0.2) is 18.0 Å². The molecule has 16 heteroatoms. The minimum Gasteiger partial charge on any atom is -0.475 e. The zero-order valence-corrected chi connectivity index (χ0v) is 19.2. The van der Waals surface area contributed by atoms with Gasteiger partial charge in [0.05, 0.1) is 12.4 Å². The number of carboxylic acid groups (broad SMARTS) is 2. The van der Waals surface area contributed by atoms with Crippen LogP contribution in [-0.2, 0) is 30.7 Å². The minimum atomic E-state index is -5.08. The van der Waals surface area contributed by atoms with Crippen molar-refractivity contribution in [1.82, 2.24) is 9.88 Å². The molecule has 2 aliphatic heterocycles. The van der Waals surface area contributed by atoms with E-state index in [1.165, 1.54) is 5.56 Å². The van der Waals surface area contributed by atoms with Crippen LogP contribution in [0.15, 0.2) is 24.5 Å². The number of halogens is 6. The maximum Gasteiger partial charge on any atom is 0.490 e. The third-order valence-corrected chi connectivity index (χ3v) is 7.85. The van der Waals surface area contributed by atoms with Crippen LogP contribution in [0.25, 0.3) is 0 Å². The number of aromatic nitrogens is 1. The Hall–Kier alpha value is -2.46. The highest BCUT2D eigenvalue weighted by Crippen LogP contribution is 2.45. The molecule has 1 aromatic rings. The molecular formula is C19H24F6N2O7S. The molecule has 1 aromatic heterocycles. The lowest BCUT2D eigenvalue weighted by Gasteiger charge is -2.50. The first-order valence-electron chi connectivity index (χ1n) is 9.97. The fourth-order valence-electron chi connectivity index (χ4n) is 3.54. The van der Waals surface area contributed by atoms with Gasteiger partial charge in [-0.05, 0) is 31.0 Å². The van der Waals surface area contributed by atoms with Crippen LogP contribution in [0.2, 0.25) is 0 Å². The number of carbonyl (C=O) groups is 2. The maximum absolute atomic E-state index is 12.4. The summed E-state index contributed by atoms with van der Waals surface area (Å²) >= 11 is 0. The molecule has 3 rings (SSSR count). The predicted octanol–water partition coefficient (Wildman–Crippen LogP) is 2.37. The van der Waals surface area contributed by atoms with Gasteiger partial charge >= 0.3 is 24.3 Å². The number of pyridine rings is 1. The fraction of sp³-hybridized carbons (Fsp3) is 0.632. The SMILES string of the molecule is CCOCC1CCS(=O)(=O)C12CN(Cc1ccncc1)C2.O=C(O)C(F)(F)F.O=C(O)C(F)(F)F. The number of carboxylic acids is 2. The zero-order valence-electron chi connectivity index (χ0n) is 18.3. The average Bonchev–Trinajstić information content (AvgIpc) is 2.97. The molecule has 3 heterocycles. The van der Waals surface area contributed by atoms with Crippen molar-refractivity contribution < 1.29 is 59.3 Å². The van der Waals surface area contributed by atoms with E-state index in [4.69, 9.17) is 24.5 Å². The number of sulfone groups is 1. The molecule has 2 saturated heterocycles. The first kappa shape index (κ1) is 30.6. The standard InChI is InChI=1S/C15H22N2O3S.2C2HF3O2/c1-2-20-10-14-5-8-21(18,19)15(14)11-17(12-15)9-13-3-6-16-7-4-13;2*3-2(4,5)1(6)7/h3-4,6-7,14H,2,5,8-12H2,1H3;2*(H,6,7). The number of aliphatic carboxylic acids is 2. The molecule has 2 aliphatic rings. The van der Waals surface area contributed by atoms with Crippen molar-refractivity contribution in [2.24, 2.45) is 5.92 Å². The smallest absolute Gasteiger partial charge is 0.475 e. The normalized spacial score (nSPS) is 20.6. The van der Waals surface area contributed by atoms with Gasteiger partial charge in [0.1, 0.15) is 4.75 Å². The Kier molecular flexibility index (Phi) is 10.5. The van der Waals surface area contributed by atoms with Gasteiger partial charge in [0.25, 0.3) is 0 Å². The first-order chi connectivity index (χ1) is 16.0. The second-order valence-corrected chi connectivity index (χ2v) is 10.1. The number of nitrogens with zero attached hydrogens (tertiary/aromatic N) is 2. The molecule has 35 heavy (non-hydrogen) atoms.